The van der Waals surface area contributed by atoms with E-state index in [0.717, 1.165) is 4.57 Å². The topological polar surface area (TPSA) is 44.1 Å². The molecule has 19 heavy (non-hydrogen) atoms. The third-order valence-electron chi connectivity index (χ3n) is 2.66. The summed E-state index contributed by atoms with van der Waals surface area (Å²) < 4.78 is 33.4. The van der Waals surface area contributed by atoms with Gasteiger partial charge >= 0.3 is 11.9 Å². The normalized spacial score (nSPS) is 11.8. The van der Waals surface area contributed by atoms with Crippen molar-refractivity contribution in [3.8, 4) is 0 Å². The molecule has 0 aliphatic heterocycles. The maximum absolute atomic E-state index is 13.9. The molecule has 0 spiro atoms. The highest BCUT2D eigenvalue weighted by Crippen LogP contribution is 2.31. The van der Waals surface area contributed by atoms with E-state index in [0.29, 0.717) is 16.1 Å². The molecular formula is C12H11ClF2N2O2. The fourth-order valence-corrected chi connectivity index (χ4v) is 1.93. The van der Waals surface area contributed by atoms with Crippen LogP contribution in [0.25, 0.3) is 11.0 Å². The molecule has 0 fully saturated rings. The summed E-state index contributed by atoms with van der Waals surface area (Å²) in [5.74, 6) is -6.07. The fourth-order valence-electron chi connectivity index (χ4n) is 1.77. The summed E-state index contributed by atoms with van der Waals surface area (Å²) in [4.78, 5) is 15.1. The molecule has 7 heteroatoms. The molecular weight excluding hydrogens is 278 g/mol. The molecule has 0 saturated carbocycles. The summed E-state index contributed by atoms with van der Waals surface area (Å²) >= 11 is 5.78. The lowest BCUT2D eigenvalue weighted by atomic mass is 10.3. The number of alkyl halides is 2. The summed E-state index contributed by atoms with van der Waals surface area (Å²) in [6, 6.07) is 4.59. The van der Waals surface area contributed by atoms with Crippen LogP contribution in [-0.4, -0.2) is 22.1 Å². The zero-order valence-electron chi connectivity index (χ0n) is 10.3. The first kappa shape index (κ1) is 13.7. The van der Waals surface area contributed by atoms with Gasteiger partial charge in [0.25, 0.3) is 0 Å². The summed E-state index contributed by atoms with van der Waals surface area (Å²) in [7, 11) is 1.41. The number of fused-ring (bicyclic) bond motifs is 1. The molecule has 0 atom stereocenters. The van der Waals surface area contributed by atoms with E-state index >= 15 is 0 Å². The lowest BCUT2D eigenvalue weighted by Gasteiger charge is -2.14. The standard InChI is InChI=1S/C12H11ClF2N2O2/c1-3-19-11(18)12(14,15)10-16-8-6-7(13)4-5-9(8)17(10)2/h4-6H,3H2,1-2H3. The van der Waals surface area contributed by atoms with Gasteiger partial charge in [0, 0.05) is 12.1 Å². The number of esters is 1. The van der Waals surface area contributed by atoms with Crippen molar-refractivity contribution in [2.24, 2.45) is 7.05 Å². The summed E-state index contributed by atoms with van der Waals surface area (Å²) in [5.41, 5.74) is 0.761. The second kappa shape index (κ2) is 4.77. The number of benzene rings is 1. The van der Waals surface area contributed by atoms with Gasteiger partial charge in [-0.05, 0) is 25.1 Å². The zero-order valence-corrected chi connectivity index (χ0v) is 11.0. The largest absolute Gasteiger partial charge is 0.461 e. The Hall–Kier alpha value is -1.69. The minimum Gasteiger partial charge on any atom is -0.461 e. The second-order valence-corrected chi connectivity index (χ2v) is 4.36. The van der Waals surface area contributed by atoms with Crippen LogP contribution in [0.15, 0.2) is 18.2 Å². The van der Waals surface area contributed by atoms with E-state index in [-0.39, 0.29) is 6.61 Å². The summed E-state index contributed by atoms with van der Waals surface area (Å²) in [6.07, 6.45) is 0. The van der Waals surface area contributed by atoms with E-state index in [1.165, 1.54) is 20.0 Å². The summed E-state index contributed by atoms with van der Waals surface area (Å²) in [6.45, 7) is 1.34. The first-order chi connectivity index (χ1) is 8.87. The Balaban J connectivity index is 2.56. The quantitative estimate of drug-likeness (QED) is 0.816. The van der Waals surface area contributed by atoms with Crippen LogP contribution in [0.1, 0.15) is 12.7 Å². The van der Waals surface area contributed by atoms with Gasteiger partial charge in [0.05, 0.1) is 17.6 Å². The molecule has 0 aliphatic carbocycles. The minimum absolute atomic E-state index is 0.121. The molecule has 2 aromatic rings. The third kappa shape index (κ3) is 2.28. The summed E-state index contributed by atoms with van der Waals surface area (Å²) in [5, 5.41) is 0.386. The number of halogens is 3. The maximum atomic E-state index is 13.9. The number of aromatic nitrogens is 2. The SMILES string of the molecule is CCOC(=O)C(F)(F)c1nc2cc(Cl)ccc2n1C. The number of ether oxygens (including phenoxy) is 1. The van der Waals surface area contributed by atoms with Crippen LogP contribution in [0, 0.1) is 0 Å². The van der Waals surface area contributed by atoms with Gasteiger partial charge in [-0.15, -0.1) is 0 Å². The first-order valence-corrected chi connectivity index (χ1v) is 5.93. The van der Waals surface area contributed by atoms with E-state index < -0.39 is 17.7 Å². The van der Waals surface area contributed by atoms with E-state index in [1.54, 1.807) is 12.1 Å². The Morgan fingerprint density at radius 2 is 2.21 bits per heavy atom. The number of hydrogen-bond donors (Lipinski definition) is 0. The van der Waals surface area contributed by atoms with Crippen molar-refractivity contribution in [1.82, 2.24) is 9.55 Å². The molecule has 0 N–H and O–H groups in total. The van der Waals surface area contributed by atoms with E-state index in [1.807, 2.05) is 0 Å². The van der Waals surface area contributed by atoms with Crippen molar-refractivity contribution >= 4 is 28.6 Å². The van der Waals surface area contributed by atoms with Crippen molar-refractivity contribution < 1.29 is 18.3 Å². The molecule has 0 aliphatic rings. The van der Waals surface area contributed by atoms with Gasteiger partial charge < -0.3 is 9.30 Å². The van der Waals surface area contributed by atoms with Crippen LogP contribution >= 0.6 is 11.6 Å². The molecule has 102 valence electrons. The predicted molar refractivity (Wildman–Crippen MR) is 66.3 cm³/mol. The molecule has 0 bridgehead atoms. The Morgan fingerprint density at radius 3 is 2.84 bits per heavy atom. The van der Waals surface area contributed by atoms with Crippen LogP contribution in [0.2, 0.25) is 5.02 Å². The number of carbonyl (C=O) groups is 1. The molecule has 0 unspecified atom stereocenters. The zero-order chi connectivity index (χ0) is 14.2. The first-order valence-electron chi connectivity index (χ1n) is 5.55. The van der Waals surface area contributed by atoms with Crippen molar-refractivity contribution in [2.75, 3.05) is 6.61 Å². The highest BCUT2D eigenvalue weighted by atomic mass is 35.5. The van der Waals surface area contributed by atoms with Crippen LogP contribution < -0.4 is 0 Å². The molecule has 4 nitrogen and oxygen atoms in total. The maximum Gasteiger partial charge on any atom is 0.399 e. The van der Waals surface area contributed by atoms with Crippen LogP contribution in [0.3, 0.4) is 0 Å². The number of rotatable bonds is 3. The molecule has 0 saturated heterocycles. The number of carbonyl (C=O) groups excluding carboxylic acids is 1. The van der Waals surface area contributed by atoms with Crippen molar-refractivity contribution in [3.63, 3.8) is 0 Å². The number of hydrogen-bond acceptors (Lipinski definition) is 3. The third-order valence-corrected chi connectivity index (χ3v) is 2.89. The van der Waals surface area contributed by atoms with Gasteiger partial charge in [-0.1, -0.05) is 11.6 Å². The monoisotopic (exact) mass is 288 g/mol. The van der Waals surface area contributed by atoms with Gasteiger partial charge in [-0.3, -0.25) is 0 Å². The lowest BCUT2D eigenvalue weighted by molar-refractivity contribution is -0.174. The number of nitrogens with zero attached hydrogens (tertiary/aromatic N) is 2. The Morgan fingerprint density at radius 1 is 1.53 bits per heavy atom. The molecule has 1 aromatic carbocycles. The minimum atomic E-state index is -3.80. The van der Waals surface area contributed by atoms with E-state index in [9.17, 15) is 13.6 Å². The van der Waals surface area contributed by atoms with Gasteiger partial charge in [0.1, 0.15) is 0 Å². The molecule has 1 aromatic heterocycles. The number of aryl methyl sites for hydroxylation is 1. The van der Waals surface area contributed by atoms with Crippen molar-refractivity contribution in [2.45, 2.75) is 12.8 Å². The predicted octanol–water partition coefficient (Wildman–Crippen LogP) is 2.88. The molecule has 1 heterocycles. The molecule has 2 rings (SSSR count). The van der Waals surface area contributed by atoms with Crippen LogP contribution in [0.5, 0.6) is 0 Å². The van der Waals surface area contributed by atoms with Crippen molar-refractivity contribution in [3.05, 3.63) is 29.0 Å². The fraction of sp³-hybridized carbons (Fsp3) is 0.333. The number of imidazole rings is 1. The van der Waals surface area contributed by atoms with Gasteiger partial charge in [0.15, 0.2) is 5.82 Å². The Kier molecular flexibility index (Phi) is 3.45. The smallest absolute Gasteiger partial charge is 0.399 e. The van der Waals surface area contributed by atoms with Crippen LogP contribution in [-0.2, 0) is 22.5 Å². The highest BCUT2D eigenvalue weighted by Gasteiger charge is 2.47. The van der Waals surface area contributed by atoms with Gasteiger partial charge in [-0.25, -0.2) is 9.78 Å². The molecule has 0 amide bonds. The Labute approximate surface area is 112 Å². The average molecular weight is 289 g/mol. The average Bonchev–Trinajstić information content (AvgIpc) is 2.67. The van der Waals surface area contributed by atoms with Crippen molar-refractivity contribution in [1.29, 1.82) is 0 Å². The second-order valence-electron chi connectivity index (χ2n) is 3.92. The van der Waals surface area contributed by atoms with E-state index in [2.05, 4.69) is 9.72 Å². The highest BCUT2D eigenvalue weighted by molar-refractivity contribution is 6.31. The van der Waals surface area contributed by atoms with E-state index in [4.69, 9.17) is 11.6 Å². The lowest BCUT2D eigenvalue weighted by Crippen LogP contribution is -2.31. The van der Waals surface area contributed by atoms with Crippen LogP contribution in [0.4, 0.5) is 8.78 Å². The Bertz CT molecular complexity index is 640. The molecule has 0 radical (unpaired) electrons. The van der Waals surface area contributed by atoms with Gasteiger partial charge in [-0.2, -0.15) is 8.78 Å². The van der Waals surface area contributed by atoms with Gasteiger partial charge in [0.2, 0.25) is 0 Å².